The highest BCUT2D eigenvalue weighted by atomic mass is 35.5. The number of rotatable bonds is 10. The number of aryl methyl sites for hydroxylation is 1. The molecule has 8 nitrogen and oxygen atoms in total. The summed E-state index contributed by atoms with van der Waals surface area (Å²) in [6, 6.07) is 16.7. The van der Waals surface area contributed by atoms with E-state index in [0.717, 1.165) is 9.87 Å². The second kappa shape index (κ2) is 13.1. The first-order valence-electron chi connectivity index (χ1n) is 12.9. The lowest BCUT2D eigenvalue weighted by molar-refractivity contribution is -0.140. The van der Waals surface area contributed by atoms with E-state index in [4.69, 9.17) is 27.9 Å². The summed E-state index contributed by atoms with van der Waals surface area (Å²) in [7, 11) is -2.67. The lowest BCUT2D eigenvalue weighted by Gasteiger charge is -2.33. The predicted molar refractivity (Wildman–Crippen MR) is 163 cm³/mol. The number of methoxy groups -OCH3 is 1. The minimum atomic E-state index is -4.17. The minimum Gasteiger partial charge on any atom is -0.497 e. The van der Waals surface area contributed by atoms with Crippen LogP contribution in [0.3, 0.4) is 0 Å². The Balaban J connectivity index is 2.05. The molecular weight excluding hydrogens is 585 g/mol. The van der Waals surface area contributed by atoms with E-state index >= 15 is 0 Å². The third-order valence-corrected chi connectivity index (χ3v) is 8.78. The Labute approximate surface area is 252 Å². The van der Waals surface area contributed by atoms with Crippen LogP contribution < -0.4 is 14.4 Å². The Morgan fingerprint density at radius 1 is 0.951 bits per heavy atom. The van der Waals surface area contributed by atoms with Gasteiger partial charge in [0.2, 0.25) is 11.8 Å². The molecule has 3 aromatic rings. The summed E-state index contributed by atoms with van der Waals surface area (Å²) in [6.45, 7) is 8.40. The van der Waals surface area contributed by atoms with Crippen LogP contribution in [0.5, 0.6) is 5.75 Å². The number of carbonyl (C=O) groups excluding carboxylic acids is 2. The van der Waals surface area contributed by atoms with Crippen molar-refractivity contribution in [3.63, 3.8) is 0 Å². The molecule has 2 amide bonds. The lowest BCUT2D eigenvalue weighted by Crippen LogP contribution is -2.54. The highest BCUT2D eigenvalue weighted by molar-refractivity contribution is 7.92. The van der Waals surface area contributed by atoms with Gasteiger partial charge in [0.25, 0.3) is 10.0 Å². The maximum atomic E-state index is 14.0. The van der Waals surface area contributed by atoms with Crippen molar-refractivity contribution in [1.29, 1.82) is 0 Å². The summed E-state index contributed by atoms with van der Waals surface area (Å²) in [5.41, 5.74) is 1.23. The van der Waals surface area contributed by atoms with E-state index in [2.05, 4.69) is 5.32 Å². The maximum Gasteiger partial charge on any atom is 0.264 e. The van der Waals surface area contributed by atoms with Gasteiger partial charge in [-0.25, -0.2) is 8.42 Å². The number of hydrogen-bond acceptors (Lipinski definition) is 5. The van der Waals surface area contributed by atoms with Gasteiger partial charge in [0.1, 0.15) is 18.3 Å². The molecule has 220 valence electrons. The molecule has 0 saturated heterocycles. The predicted octanol–water partition coefficient (Wildman–Crippen LogP) is 5.84. The second-order valence-corrected chi connectivity index (χ2v) is 13.4. The fourth-order valence-corrected chi connectivity index (χ4v) is 5.74. The van der Waals surface area contributed by atoms with Crippen LogP contribution in [0.4, 0.5) is 5.69 Å². The molecule has 0 saturated carbocycles. The zero-order valence-electron chi connectivity index (χ0n) is 23.9. The van der Waals surface area contributed by atoms with Gasteiger partial charge in [-0.15, -0.1) is 0 Å². The number of nitrogens with one attached hydrogen (secondary N) is 1. The number of carbonyl (C=O) groups is 2. The number of nitrogens with zero attached hydrogens (tertiary/aromatic N) is 2. The van der Waals surface area contributed by atoms with Crippen LogP contribution in [0.1, 0.15) is 38.8 Å². The number of anilines is 1. The van der Waals surface area contributed by atoms with E-state index in [9.17, 15) is 18.0 Å². The molecule has 3 aromatic carbocycles. The minimum absolute atomic E-state index is 0.00448. The van der Waals surface area contributed by atoms with Gasteiger partial charge in [0, 0.05) is 12.1 Å². The van der Waals surface area contributed by atoms with Gasteiger partial charge < -0.3 is 15.0 Å². The van der Waals surface area contributed by atoms with Crippen molar-refractivity contribution in [3.05, 3.63) is 87.9 Å². The molecule has 0 spiro atoms. The standard InChI is InChI=1S/C30H35Cl2N3O5S/c1-20-7-14-25(15-8-20)41(38,39)35(23-10-12-24(40-6)13-11-23)19-28(36)34(21(2)29(37)33-30(3,4)5)18-22-9-16-26(31)27(32)17-22/h7-17,21H,18-19H2,1-6H3,(H,33,37)/t21-/m0/s1. The van der Waals surface area contributed by atoms with Crippen LogP contribution in [0, 0.1) is 6.92 Å². The van der Waals surface area contributed by atoms with Crippen LogP contribution in [0.15, 0.2) is 71.6 Å². The van der Waals surface area contributed by atoms with Crippen LogP contribution in [0.2, 0.25) is 10.0 Å². The van der Waals surface area contributed by atoms with E-state index in [0.29, 0.717) is 21.4 Å². The molecule has 1 atom stereocenters. The first kappa shape index (κ1) is 32.2. The van der Waals surface area contributed by atoms with Crippen LogP contribution >= 0.6 is 23.2 Å². The van der Waals surface area contributed by atoms with E-state index in [1.54, 1.807) is 61.5 Å². The first-order valence-corrected chi connectivity index (χ1v) is 15.1. The molecule has 0 unspecified atom stereocenters. The normalized spacial score (nSPS) is 12.4. The van der Waals surface area contributed by atoms with Crippen molar-refractivity contribution in [1.82, 2.24) is 10.2 Å². The third-order valence-electron chi connectivity index (χ3n) is 6.25. The lowest BCUT2D eigenvalue weighted by atomic mass is 10.1. The van der Waals surface area contributed by atoms with Gasteiger partial charge in [-0.3, -0.25) is 13.9 Å². The quantitative estimate of drug-likeness (QED) is 0.308. The van der Waals surface area contributed by atoms with E-state index in [1.165, 1.54) is 24.1 Å². The molecule has 0 aliphatic heterocycles. The molecular formula is C30H35Cl2N3O5S. The number of amides is 2. The van der Waals surface area contributed by atoms with Crippen molar-refractivity contribution < 1.29 is 22.7 Å². The van der Waals surface area contributed by atoms with Gasteiger partial charge in [-0.2, -0.15) is 0 Å². The summed E-state index contributed by atoms with van der Waals surface area (Å²) >= 11 is 12.3. The largest absolute Gasteiger partial charge is 0.497 e. The molecule has 0 bridgehead atoms. The van der Waals surface area contributed by atoms with Crippen molar-refractivity contribution in [2.24, 2.45) is 0 Å². The highest BCUT2D eigenvalue weighted by Gasteiger charge is 2.33. The summed E-state index contributed by atoms with van der Waals surface area (Å²) in [4.78, 5) is 28.6. The Morgan fingerprint density at radius 3 is 2.10 bits per heavy atom. The summed E-state index contributed by atoms with van der Waals surface area (Å²) in [5, 5.41) is 3.54. The third kappa shape index (κ3) is 8.38. The Kier molecular flexibility index (Phi) is 10.3. The van der Waals surface area contributed by atoms with E-state index < -0.39 is 34.1 Å². The second-order valence-electron chi connectivity index (χ2n) is 10.7. The molecule has 0 fully saturated rings. The first-order chi connectivity index (χ1) is 19.1. The van der Waals surface area contributed by atoms with Gasteiger partial charge in [-0.1, -0.05) is 47.0 Å². The summed E-state index contributed by atoms with van der Waals surface area (Å²) in [6.07, 6.45) is 0. The molecule has 1 N–H and O–H groups in total. The van der Waals surface area contributed by atoms with Crippen LogP contribution in [-0.2, 0) is 26.2 Å². The van der Waals surface area contributed by atoms with Crippen LogP contribution in [-0.4, -0.2) is 50.4 Å². The van der Waals surface area contributed by atoms with Gasteiger partial charge in [-0.05, 0) is 88.7 Å². The average molecular weight is 621 g/mol. The van der Waals surface area contributed by atoms with Gasteiger partial charge in [0.15, 0.2) is 0 Å². The summed E-state index contributed by atoms with van der Waals surface area (Å²) < 4.78 is 34.1. The summed E-state index contributed by atoms with van der Waals surface area (Å²) in [5.74, 6) is -0.441. The fraction of sp³-hybridized carbons (Fsp3) is 0.333. The van der Waals surface area contributed by atoms with Gasteiger partial charge in [0.05, 0.1) is 27.7 Å². The maximum absolute atomic E-state index is 14.0. The molecule has 0 aliphatic carbocycles. The number of hydrogen-bond donors (Lipinski definition) is 1. The SMILES string of the molecule is COc1ccc(N(CC(=O)N(Cc2ccc(Cl)c(Cl)c2)[C@@H](C)C(=O)NC(C)(C)C)S(=O)(=O)c2ccc(C)cc2)cc1. The molecule has 0 radical (unpaired) electrons. The average Bonchev–Trinajstić information content (AvgIpc) is 2.91. The Hall–Kier alpha value is -3.27. The van der Waals surface area contributed by atoms with Gasteiger partial charge >= 0.3 is 0 Å². The van der Waals surface area contributed by atoms with E-state index in [1.807, 2.05) is 27.7 Å². The monoisotopic (exact) mass is 619 g/mol. The molecule has 3 rings (SSSR count). The number of halogens is 2. The Bertz CT molecular complexity index is 1490. The number of ether oxygens (including phenoxy) is 1. The zero-order valence-corrected chi connectivity index (χ0v) is 26.3. The molecule has 41 heavy (non-hydrogen) atoms. The molecule has 0 aliphatic rings. The van der Waals surface area contributed by atoms with Crippen molar-refractivity contribution in [2.75, 3.05) is 18.0 Å². The van der Waals surface area contributed by atoms with Crippen molar-refractivity contribution >= 4 is 50.7 Å². The van der Waals surface area contributed by atoms with Crippen molar-refractivity contribution in [3.8, 4) is 5.75 Å². The molecule has 11 heteroatoms. The zero-order chi connectivity index (χ0) is 30.5. The van der Waals surface area contributed by atoms with Crippen molar-refractivity contribution in [2.45, 2.75) is 57.6 Å². The van der Waals surface area contributed by atoms with Crippen LogP contribution in [0.25, 0.3) is 0 Å². The highest BCUT2D eigenvalue weighted by Crippen LogP contribution is 2.28. The van der Waals surface area contributed by atoms with E-state index in [-0.39, 0.29) is 23.0 Å². The number of sulfonamides is 1. The fourth-order valence-electron chi connectivity index (χ4n) is 4.01. The molecule has 0 heterocycles. The molecule has 0 aromatic heterocycles. The topological polar surface area (TPSA) is 96.0 Å². The number of benzene rings is 3. The Morgan fingerprint density at radius 2 is 1.56 bits per heavy atom. The smallest absolute Gasteiger partial charge is 0.264 e.